The number of guanidine groups is 1. The molecule has 3 N–H and O–H groups in total. The predicted octanol–water partition coefficient (Wildman–Crippen LogP) is 5.38. The maximum Gasteiger partial charge on any atom is 0.226 e. The number of rotatable bonds is 15. The van der Waals surface area contributed by atoms with Crippen molar-refractivity contribution in [2.45, 2.75) is 83.7 Å². The zero-order valence-electron chi connectivity index (χ0n) is 26.5. The van der Waals surface area contributed by atoms with Gasteiger partial charge in [-0.15, -0.1) is 0 Å². The van der Waals surface area contributed by atoms with Gasteiger partial charge in [0.15, 0.2) is 5.96 Å². The Kier molecular flexibility index (Phi) is 13.8. The second-order valence-corrected chi connectivity index (χ2v) is 12.0. The molecule has 0 radical (unpaired) electrons. The summed E-state index contributed by atoms with van der Waals surface area (Å²) in [6, 6.07) is 16.0. The van der Waals surface area contributed by atoms with Gasteiger partial charge in [0.05, 0.1) is 6.61 Å². The van der Waals surface area contributed by atoms with Gasteiger partial charge in [-0.3, -0.25) is 24.9 Å². The van der Waals surface area contributed by atoms with Crippen LogP contribution in [0.5, 0.6) is 5.75 Å². The predicted molar refractivity (Wildman–Crippen MR) is 175 cm³/mol. The van der Waals surface area contributed by atoms with Crippen molar-refractivity contribution < 1.29 is 14.3 Å². The zero-order valence-corrected chi connectivity index (χ0v) is 26.5. The third-order valence-corrected chi connectivity index (χ3v) is 8.67. The molecule has 2 aromatic carbocycles. The zero-order chi connectivity index (χ0) is 30.3. The van der Waals surface area contributed by atoms with Crippen LogP contribution in [0.2, 0.25) is 0 Å². The minimum Gasteiger partial charge on any atom is -0.493 e. The van der Waals surface area contributed by atoms with Crippen molar-refractivity contribution in [3.8, 4) is 16.9 Å². The molecule has 0 spiro atoms. The van der Waals surface area contributed by atoms with Gasteiger partial charge in [0.2, 0.25) is 5.91 Å². The van der Waals surface area contributed by atoms with Crippen molar-refractivity contribution in [1.29, 1.82) is 0 Å². The lowest BCUT2D eigenvalue weighted by Gasteiger charge is -2.40. The van der Waals surface area contributed by atoms with E-state index in [-0.39, 0.29) is 11.9 Å². The van der Waals surface area contributed by atoms with E-state index in [9.17, 15) is 4.79 Å². The van der Waals surface area contributed by atoms with Gasteiger partial charge < -0.3 is 15.2 Å². The van der Waals surface area contributed by atoms with Crippen LogP contribution in [0.25, 0.3) is 11.1 Å². The maximum atomic E-state index is 12.4. The maximum absolute atomic E-state index is 12.4. The van der Waals surface area contributed by atoms with E-state index in [1.165, 1.54) is 50.8 Å². The summed E-state index contributed by atoms with van der Waals surface area (Å²) >= 11 is 0. The highest BCUT2D eigenvalue weighted by Crippen LogP contribution is 2.32. The highest BCUT2D eigenvalue weighted by atomic mass is 16.5. The van der Waals surface area contributed by atoms with Crippen LogP contribution in [0.1, 0.15) is 75.8 Å². The molecule has 1 heterocycles. The SMILES string of the molecule is CCCCN=C(N)NC(=O)CCc1ccc(-c2ccc(CN3CCN(C4CCCCC4)CC3)cc2)c(OCCCOC)c1. The first-order valence-electron chi connectivity index (χ1n) is 16.5. The van der Waals surface area contributed by atoms with Gasteiger partial charge in [0.25, 0.3) is 0 Å². The lowest BCUT2D eigenvalue weighted by molar-refractivity contribution is -0.119. The van der Waals surface area contributed by atoms with Crippen molar-refractivity contribution in [1.82, 2.24) is 15.1 Å². The standard InChI is InChI=1S/C35H53N5O3/c1-3-4-19-37-35(36)38-34(41)18-14-28-13-17-32(33(26-28)43-25-8-24-42-2)30-15-11-29(12-16-30)27-39-20-22-40(23-21-39)31-9-6-5-7-10-31/h11-13,15-17,26,31H,3-10,14,18-25,27H2,1-2H3,(H3,36,37,38,41). The Morgan fingerprint density at radius 1 is 0.977 bits per heavy atom. The van der Waals surface area contributed by atoms with Crippen molar-refractivity contribution in [2.24, 2.45) is 10.7 Å². The number of nitrogens with one attached hydrogen (secondary N) is 1. The molecule has 0 aromatic heterocycles. The smallest absolute Gasteiger partial charge is 0.226 e. The Bertz CT molecular complexity index is 1140. The summed E-state index contributed by atoms with van der Waals surface area (Å²) < 4.78 is 11.4. The normalized spacial score (nSPS) is 17.2. The first kappa shape index (κ1) is 33.0. The lowest BCUT2D eigenvalue weighted by Crippen LogP contribution is -2.50. The van der Waals surface area contributed by atoms with Crippen molar-refractivity contribution in [2.75, 3.05) is 53.0 Å². The van der Waals surface area contributed by atoms with Gasteiger partial charge >= 0.3 is 0 Å². The third kappa shape index (κ3) is 10.9. The van der Waals surface area contributed by atoms with Crippen LogP contribution in [-0.4, -0.2) is 80.8 Å². The summed E-state index contributed by atoms with van der Waals surface area (Å²) in [6.45, 7) is 9.63. The average Bonchev–Trinajstić information content (AvgIpc) is 3.03. The second-order valence-electron chi connectivity index (χ2n) is 12.0. The molecule has 8 heteroatoms. The number of amides is 1. The first-order chi connectivity index (χ1) is 21.1. The molecule has 1 saturated carbocycles. The van der Waals surface area contributed by atoms with E-state index >= 15 is 0 Å². The fourth-order valence-electron chi connectivity index (χ4n) is 6.11. The number of aliphatic imine (C=N–C) groups is 1. The monoisotopic (exact) mass is 591 g/mol. The molecule has 2 fully saturated rings. The summed E-state index contributed by atoms with van der Waals surface area (Å²) in [6.07, 6.45) is 10.7. The molecule has 1 aliphatic heterocycles. The molecular formula is C35H53N5O3. The van der Waals surface area contributed by atoms with E-state index in [0.717, 1.165) is 67.4 Å². The fraction of sp³-hybridized carbons (Fsp3) is 0.600. The second kappa shape index (κ2) is 18.0. The lowest BCUT2D eigenvalue weighted by atomic mass is 9.94. The van der Waals surface area contributed by atoms with Gasteiger partial charge in [-0.1, -0.05) is 69.0 Å². The molecule has 0 atom stereocenters. The van der Waals surface area contributed by atoms with E-state index < -0.39 is 0 Å². The van der Waals surface area contributed by atoms with E-state index in [0.29, 0.717) is 32.6 Å². The van der Waals surface area contributed by atoms with Gasteiger partial charge in [0.1, 0.15) is 5.75 Å². The highest BCUT2D eigenvalue weighted by Gasteiger charge is 2.25. The Morgan fingerprint density at radius 3 is 2.44 bits per heavy atom. The van der Waals surface area contributed by atoms with Crippen LogP contribution >= 0.6 is 0 Å². The summed E-state index contributed by atoms with van der Waals surface area (Å²) in [5.74, 6) is 0.901. The number of ether oxygens (including phenoxy) is 2. The minimum absolute atomic E-state index is 0.129. The number of piperazine rings is 1. The number of unbranched alkanes of at least 4 members (excludes halogenated alkanes) is 1. The molecule has 1 amide bonds. The van der Waals surface area contributed by atoms with Crippen LogP contribution in [0, 0.1) is 0 Å². The average molecular weight is 592 g/mol. The number of benzene rings is 2. The molecule has 4 rings (SSSR count). The Morgan fingerprint density at radius 2 is 1.72 bits per heavy atom. The molecule has 43 heavy (non-hydrogen) atoms. The van der Waals surface area contributed by atoms with Crippen LogP contribution in [-0.2, 0) is 22.5 Å². The molecule has 8 nitrogen and oxygen atoms in total. The number of methoxy groups -OCH3 is 1. The minimum atomic E-state index is -0.129. The fourth-order valence-corrected chi connectivity index (χ4v) is 6.11. The van der Waals surface area contributed by atoms with E-state index in [2.05, 4.69) is 69.5 Å². The van der Waals surface area contributed by atoms with E-state index in [1.807, 2.05) is 0 Å². The summed E-state index contributed by atoms with van der Waals surface area (Å²) in [5, 5.41) is 2.70. The number of hydrogen-bond donors (Lipinski definition) is 2. The number of aryl methyl sites for hydroxylation is 1. The number of carbonyl (C=O) groups excluding carboxylic acids is 1. The van der Waals surface area contributed by atoms with E-state index in [1.54, 1.807) is 7.11 Å². The third-order valence-electron chi connectivity index (χ3n) is 8.67. The number of nitrogens with zero attached hydrogens (tertiary/aromatic N) is 3. The van der Waals surface area contributed by atoms with Crippen LogP contribution in [0.15, 0.2) is 47.5 Å². The number of nitrogens with two attached hydrogens (primary N) is 1. The van der Waals surface area contributed by atoms with Crippen molar-refractivity contribution in [3.63, 3.8) is 0 Å². The van der Waals surface area contributed by atoms with E-state index in [4.69, 9.17) is 15.2 Å². The van der Waals surface area contributed by atoms with Gasteiger partial charge in [0, 0.05) is 77.4 Å². The van der Waals surface area contributed by atoms with Crippen LogP contribution in [0.4, 0.5) is 0 Å². The molecule has 2 aromatic rings. The van der Waals surface area contributed by atoms with Gasteiger partial charge in [-0.05, 0) is 48.4 Å². The molecule has 236 valence electrons. The summed E-state index contributed by atoms with van der Waals surface area (Å²) in [4.78, 5) is 22.0. The number of hydrogen-bond acceptors (Lipinski definition) is 6. The number of carbonyl (C=O) groups is 1. The molecule has 1 aliphatic carbocycles. The Labute approximate surface area is 259 Å². The quantitative estimate of drug-likeness (QED) is 0.164. The Hall–Kier alpha value is -2.94. The molecule has 2 aliphatic rings. The molecule has 0 bridgehead atoms. The van der Waals surface area contributed by atoms with Crippen LogP contribution in [0.3, 0.4) is 0 Å². The van der Waals surface area contributed by atoms with Gasteiger partial charge in [-0.25, -0.2) is 0 Å². The highest BCUT2D eigenvalue weighted by molar-refractivity contribution is 5.96. The van der Waals surface area contributed by atoms with Crippen molar-refractivity contribution >= 4 is 11.9 Å². The largest absolute Gasteiger partial charge is 0.493 e. The molecule has 0 unspecified atom stereocenters. The van der Waals surface area contributed by atoms with Crippen molar-refractivity contribution in [3.05, 3.63) is 53.6 Å². The molecule has 1 saturated heterocycles. The summed E-state index contributed by atoms with van der Waals surface area (Å²) in [7, 11) is 1.70. The van der Waals surface area contributed by atoms with Gasteiger partial charge in [-0.2, -0.15) is 0 Å². The topological polar surface area (TPSA) is 92.4 Å². The first-order valence-corrected chi connectivity index (χ1v) is 16.5. The molecular weight excluding hydrogens is 538 g/mol. The van der Waals surface area contributed by atoms with Crippen LogP contribution < -0.4 is 15.8 Å². The summed E-state index contributed by atoms with van der Waals surface area (Å²) in [5.41, 5.74) is 10.4. The Balaban J connectivity index is 1.34.